The van der Waals surface area contributed by atoms with Crippen LogP contribution in [0.25, 0.3) is 90.1 Å². The summed E-state index contributed by atoms with van der Waals surface area (Å²) >= 11 is 3.84. The number of benzene rings is 8. The molecule has 0 saturated carbocycles. The minimum Gasteiger partial charge on any atom is -0.376 e. The Balaban J connectivity index is 1.16. The lowest BCUT2D eigenvalue weighted by Crippen LogP contribution is -2.60. The van der Waals surface area contributed by atoms with Crippen LogP contribution in [-0.2, 0) is 10.8 Å². The van der Waals surface area contributed by atoms with E-state index < -0.39 is 0 Å². The maximum Gasteiger partial charge on any atom is 0.333 e. The van der Waals surface area contributed by atoms with Crippen molar-refractivity contribution in [1.29, 1.82) is 0 Å². The van der Waals surface area contributed by atoms with Gasteiger partial charge in [0.25, 0.3) is 0 Å². The van der Waals surface area contributed by atoms with Gasteiger partial charge in [-0.25, -0.2) is 0 Å². The van der Waals surface area contributed by atoms with Gasteiger partial charge >= 0.3 is 6.85 Å². The third kappa shape index (κ3) is 4.15. The second-order valence-corrected chi connectivity index (χ2v) is 21.1. The number of aromatic nitrogens is 1. The summed E-state index contributed by atoms with van der Waals surface area (Å²) in [4.78, 5) is 2.70. The molecule has 14 rings (SSSR count). The predicted molar refractivity (Wildman–Crippen MR) is 262 cm³/mol. The Morgan fingerprint density at radius 2 is 1.17 bits per heavy atom. The third-order valence-corrected chi connectivity index (χ3v) is 16.6. The second-order valence-electron chi connectivity index (χ2n) is 18.9. The molecular formula is C55H39BN2S2. The van der Waals surface area contributed by atoms with E-state index >= 15 is 0 Å². The van der Waals surface area contributed by atoms with Crippen molar-refractivity contribution >= 4 is 114 Å². The van der Waals surface area contributed by atoms with Gasteiger partial charge in [-0.05, 0) is 110 Å². The van der Waals surface area contributed by atoms with E-state index in [-0.39, 0.29) is 17.7 Å². The highest BCUT2D eigenvalue weighted by Crippen LogP contribution is 2.53. The quantitative estimate of drug-likeness (QED) is 0.150. The fourth-order valence-electron chi connectivity index (χ4n) is 11.4. The zero-order valence-electron chi connectivity index (χ0n) is 34.1. The number of fused-ring (bicyclic) bond motifs is 17. The van der Waals surface area contributed by atoms with Gasteiger partial charge in [0.2, 0.25) is 0 Å². The minimum absolute atomic E-state index is 0.0375. The van der Waals surface area contributed by atoms with E-state index in [0.29, 0.717) is 0 Å². The molecule has 0 saturated heterocycles. The Hall–Kier alpha value is -6.14. The number of nitrogens with zero attached hydrogens (tertiary/aromatic N) is 2. The summed E-state index contributed by atoms with van der Waals surface area (Å²) in [5.41, 5.74) is 18.7. The number of hydrogen-bond acceptors (Lipinski definition) is 3. The fraction of sp³-hybridized carbons (Fsp3) is 0.127. The lowest BCUT2D eigenvalue weighted by molar-refractivity contribution is 0.590. The highest BCUT2D eigenvalue weighted by molar-refractivity contribution is 7.26. The van der Waals surface area contributed by atoms with Gasteiger partial charge in [0.1, 0.15) is 0 Å². The zero-order valence-corrected chi connectivity index (χ0v) is 35.8. The zero-order chi connectivity index (χ0) is 40.0. The topological polar surface area (TPSA) is 8.17 Å². The van der Waals surface area contributed by atoms with E-state index in [9.17, 15) is 0 Å². The van der Waals surface area contributed by atoms with Gasteiger partial charge < -0.3 is 9.38 Å². The van der Waals surface area contributed by atoms with Gasteiger partial charge in [-0.1, -0.05) is 120 Å². The van der Waals surface area contributed by atoms with E-state index in [1.165, 1.54) is 129 Å². The molecular weight excluding hydrogens is 764 g/mol. The van der Waals surface area contributed by atoms with Crippen LogP contribution < -0.4 is 15.7 Å². The molecule has 0 fully saturated rings. The Bertz CT molecular complexity index is 3740. The van der Waals surface area contributed by atoms with Crippen LogP contribution in [0.4, 0.5) is 11.4 Å². The molecule has 2 nitrogen and oxygen atoms in total. The number of hydrogen-bond donors (Lipinski definition) is 0. The van der Waals surface area contributed by atoms with E-state index in [4.69, 9.17) is 0 Å². The normalized spacial score (nSPS) is 14.8. The molecule has 3 aromatic heterocycles. The average Bonchev–Trinajstić information content (AvgIpc) is 3.97. The number of thiophene rings is 2. The fourth-order valence-corrected chi connectivity index (χ4v) is 13.7. The lowest BCUT2D eigenvalue weighted by Gasteiger charge is -2.42. The molecule has 284 valence electrons. The highest BCUT2D eigenvalue weighted by atomic mass is 32.1. The first-order chi connectivity index (χ1) is 29.1. The SMILES string of the molecule is CC(C)(C)c1ccc(N2B3c4cc5sc6ccccc6c5cc4-n4c5cc6c(cc5c5ccc(c3c54)-c3cc4sc5ccccc5c4cc32)-c2ccccc2C6(C)C)cc1. The van der Waals surface area contributed by atoms with Crippen molar-refractivity contribution in [2.75, 3.05) is 4.81 Å². The molecule has 0 atom stereocenters. The first kappa shape index (κ1) is 33.7. The largest absolute Gasteiger partial charge is 0.376 e. The predicted octanol–water partition coefficient (Wildman–Crippen LogP) is 14.4. The lowest BCUT2D eigenvalue weighted by atomic mass is 9.44. The summed E-state index contributed by atoms with van der Waals surface area (Å²) in [6.45, 7) is 11.7. The molecule has 3 aliphatic rings. The van der Waals surface area contributed by atoms with Crippen molar-refractivity contribution in [3.63, 3.8) is 0 Å². The first-order valence-electron chi connectivity index (χ1n) is 21.2. The molecule has 60 heavy (non-hydrogen) atoms. The van der Waals surface area contributed by atoms with Gasteiger partial charge in [0, 0.05) is 79.2 Å². The van der Waals surface area contributed by atoms with Crippen LogP contribution in [-0.4, -0.2) is 11.4 Å². The number of rotatable bonds is 1. The molecule has 5 heterocycles. The summed E-state index contributed by atoms with van der Waals surface area (Å²) in [5.74, 6) is 0. The maximum atomic E-state index is 2.70. The number of anilines is 2. The van der Waals surface area contributed by atoms with Crippen molar-refractivity contribution < 1.29 is 0 Å². The van der Waals surface area contributed by atoms with E-state index in [0.717, 1.165) is 0 Å². The molecule has 11 aromatic rings. The van der Waals surface area contributed by atoms with E-state index in [2.05, 4.69) is 190 Å². The van der Waals surface area contributed by atoms with Gasteiger partial charge in [-0.15, -0.1) is 22.7 Å². The first-order valence-corrected chi connectivity index (χ1v) is 22.8. The third-order valence-electron chi connectivity index (χ3n) is 14.3. The highest BCUT2D eigenvalue weighted by Gasteiger charge is 2.45. The summed E-state index contributed by atoms with van der Waals surface area (Å²) in [6.07, 6.45) is 0. The Morgan fingerprint density at radius 3 is 1.90 bits per heavy atom. The monoisotopic (exact) mass is 802 g/mol. The van der Waals surface area contributed by atoms with E-state index in [1.807, 2.05) is 22.7 Å². The van der Waals surface area contributed by atoms with Crippen LogP contribution in [0.1, 0.15) is 51.3 Å². The Morgan fingerprint density at radius 1 is 0.500 bits per heavy atom. The maximum absolute atomic E-state index is 2.70. The minimum atomic E-state index is -0.103. The summed E-state index contributed by atoms with van der Waals surface area (Å²) in [6, 6.07) is 56.6. The van der Waals surface area contributed by atoms with Crippen LogP contribution >= 0.6 is 22.7 Å². The van der Waals surface area contributed by atoms with Crippen LogP contribution in [0.15, 0.2) is 146 Å². The van der Waals surface area contributed by atoms with E-state index in [1.54, 1.807) is 0 Å². The molecule has 0 unspecified atom stereocenters. The molecule has 0 bridgehead atoms. The molecule has 0 radical (unpaired) electrons. The van der Waals surface area contributed by atoms with Crippen molar-refractivity contribution in [3.8, 4) is 27.9 Å². The second kappa shape index (κ2) is 11.2. The van der Waals surface area contributed by atoms with Gasteiger partial charge in [-0.2, -0.15) is 0 Å². The molecule has 0 amide bonds. The Kier molecular flexibility index (Phi) is 6.26. The molecule has 2 aliphatic heterocycles. The molecule has 5 heteroatoms. The van der Waals surface area contributed by atoms with Gasteiger partial charge in [0.05, 0.1) is 11.0 Å². The summed E-state index contributed by atoms with van der Waals surface area (Å²) in [5, 5.41) is 7.99. The van der Waals surface area contributed by atoms with Crippen LogP contribution in [0.2, 0.25) is 0 Å². The summed E-state index contributed by atoms with van der Waals surface area (Å²) < 4.78 is 8.02. The molecule has 0 N–H and O–H groups in total. The van der Waals surface area contributed by atoms with Crippen molar-refractivity contribution in [1.82, 2.24) is 4.57 Å². The molecule has 8 aromatic carbocycles. The van der Waals surface area contributed by atoms with Crippen molar-refractivity contribution in [2.45, 2.75) is 45.4 Å². The van der Waals surface area contributed by atoms with Crippen LogP contribution in [0.3, 0.4) is 0 Å². The smallest absolute Gasteiger partial charge is 0.333 e. The average molecular weight is 803 g/mol. The molecule has 0 spiro atoms. The van der Waals surface area contributed by atoms with Crippen LogP contribution in [0.5, 0.6) is 0 Å². The standard InChI is InChI=1S/C55H39BN2S2/c1-54(2,3)30-18-20-31(21-19-30)58-46-25-40-33-13-7-10-16-48(33)59-50(40)27-39(46)35-22-23-36-38-24-37-32-12-6-9-15-42(32)55(4,5)43(37)28-45(38)57-47-26-41-34-14-8-11-17-49(34)60-51(41)29-44(47)56(58)52(35)53(36)57/h6-29H,1-5H3. The van der Waals surface area contributed by atoms with Crippen LogP contribution in [0, 0.1) is 0 Å². The van der Waals surface area contributed by atoms with Crippen molar-refractivity contribution in [3.05, 3.63) is 162 Å². The molecule has 1 aliphatic carbocycles. The summed E-state index contributed by atoms with van der Waals surface area (Å²) in [7, 11) is 0. The van der Waals surface area contributed by atoms with Gasteiger partial charge in [0.15, 0.2) is 0 Å². The van der Waals surface area contributed by atoms with Crippen molar-refractivity contribution in [2.24, 2.45) is 0 Å². The van der Waals surface area contributed by atoms with Gasteiger partial charge in [-0.3, -0.25) is 0 Å². The Labute approximate surface area is 357 Å².